The molecule has 1 aromatic rings. The molecule has 1 aromatic heterocycles. The fourth-order valence-corrected chi connectivity index (χ4v) is 1.60. The van der Waals surface area contributed by atoms with Crippen LogP contribution in [0, 0.1) is 0 Å². The van der Waals surface area contributed by atoms with Crippen molar-refractivity contribution in [2.45, 2.75) is 44.8 Å². The Morgan fingerprint density at radius 3 is 3.06 bits per heavy atom. The van der Waals surface area contributed by atoms with Crippen molar-refractivity contribution in [3.8, 4) is 0 Å². The van der Waals surface area contributed by atoms with E-state index in [1.807, 2.05) is 4.68 Å². The Hall–Kier alpha value is -1.01. The summed E-state index contributed by atoms with van der Waals surface area (Å²) in [6.07, 6.45) is 3.49. The Morgan fingerprint density at radius 2 is 2.38 bits per heavy atom. The fourth-order valence-electron chi connectivity index (χ4n) is 1.60. The molecule has 1 saturated carbocycles. The molecule has 1 N–H and O–H groups in total. The summed E-state index contributed by atoms with van der Waals surface area (Å²) < 4.78 is 6.94. The number of aromatic nitrogens is 4. The minimum atomic E-state index is 0.283. The lowest BCUT2D eigenvalue weighted by molar-refractivity contribution is 0.177. The first-order valence-corrected chi connectivity index (χ1v) is 5.80. The highest BCUT2D eigenvalue weighted by Gasteiger charge is 2.21. The number of hydrogen-bond donors (Lipinski definition) is 1. The number of nitrogens with one attached hydrogen (secondary N) is 1. The van der Waals surface area contributed by atoms with E-state index >= 15 is 0 Å². The largest absolute Gasteiger partial charge is 0.385 e. The maximum Gasteiger partial charge on any atom is 0.165 e. The lowest BCUT2D eigenvalue weighted by Crippen LogP contribution is -2.21. The molecule has 1 aliphatic rings. The zero-order valence-electron chi connectivity index (χ0n) is 9.89. The van der Waals surface area contributed by atoms with Crippen LogP contribution in [-0.2, 0) is 11.3 Å². The van der Waals surface area contributed by atoms with Gasteiger partial charge in [0.15, 0.2) is 5.82 Å². The van der Waals surface area contributed by atoms with Crippen molar-refractivity contribution in [1.82, 2.24) is 25.5 Å². The highest BCUT2D eigenvalue weighted by molar-refractivity contribution is 4.88. The van der Waals surface area contributed by atoms with Gasteiger partial charge in [0.25, 0.3) is 0 Å². The quantitative estimate of drug-likeness (QED) is 0.733. The number of rotatable bonds is 7. The SMILES string of the molecule is COCCC(C)n1nnnc1CNC1CC1. The van der Waals surface area contributed by atoms with E-state index in [1.54, 1.807) is 7.11 Å². The summed E-state index contributed by atoms with van der Waals surface area (Å²) >= 11 is 0. The predicted molar refractivity (Wildman–Crippen MR) is 58.9 cm³/mol. The molecular weight excluding hydrogens is 206 g/mol. The first kappa shape index (κ1) is 11.5. The fraction of sp³-hybridized carbons (Fsp3) is 0.900. The second-order valence-electron chi connectivity index (χ2n) is 4.33. The van der Waals surface area contributed by atoms with Crippen molar-refractivity contribution in [3.63, 3.8) is 0 Å². The second-order valence-corrected chi connectivity index (χ2v) is 4.33. The smallest absolute Gasteiger partial charge is 0.165 e. The highest BCUT2D eigenvalue weighted by atomic mass is 16.5. The number of hydrogen-bond acceptors (Lipinski definition) is 5. The third-order valence-electron chi connectivity index (χ3n) is 2.84. The minimum absolute atomic E-state index is 0.283. The molecule has 1 aliphatic carbocycles. The molecular formula is C10H19N5O. The summed E-state index contributed by atoms with van der Waals surface area (Å²) in [6.45, 7) is 3.60. The van der Waals surface area contributed by atoms with Crippen LogP contribution in [0.3, 0.4) is 0 Å². The zero-order chi connectivity index (χ0) is 11.4. The summed E-state index contributed by atoms with van der Waals surface area (Å²) in [5, 5.41) is 15.2. The first-order chi connectivity index (χ1) is 7.81. The molecule has 0 radical (unpaired) electrons. The summed E-state index contributed by atoms with van der Waals surface area (Å²) in [5.41, 5.74) is 0. The molecule has 2 rings (SSSR count). The number of tetrazole rings is 1. The van der Waals surface area contributed by atoms with E-state index in [4.69, 9.17) is 4.74 Å². The van der Waals surface area contributed by atoms with Crippen LogP contribution >= 0.6 is 0 Å². The lowest BCUT2D eigenvalue weighted by Gasteiger charge is -2.12. The summed E-state index contributed by atoms with van der Waals surface area (Å²) in [4.78, 5) is 0. The van der Waals surface area contributed by atoms with Gasteiger partial charge in [-0.1, -0.05) is 0 Å². The van der Waals surface area contributed by atoms with E-state index < -0.39 is 0 Å². The summed E-state index contributed by atoms with van der Waals surface area (Å²) in [5.74, 6) is 0.913. The number of methoxy groups -OCH3 is 1. The van der Waals surface area contributed by atoms with Gasteiger partial charge in [0, 0.05) is 19.8 Å². The van der Waals surface area contributed by atoms with Crippen molar-refractivity contribution < 1.29 is 4.74 Å². The van der Waals surface area contributed by atoms with E-state index in [1.165, 1.54) is 12.8 Å². The molecule has 0 aromatic carbocycles. The minimum Gasteiger partial charge on any atom is -0.385 e. The van der Waals surface area contributed by atoms with E-state index in [-0.39, 0.29) is 6.04 Å². The predicted octanol–water partition coefficient (Wildman–Crippen LogP) is 0.523. The van der Waals surface area contributed by atoms with Crippen LogP contribution in [-0.4, -0.2) is 40.0 Å². The summed E-state index contributed by atoms with van der Waals surface area (Å²) in [6, 6.07) is 0.963. The average molecular weight is 225 g/mol. The zero-order valence-corrected chi connectivity index (χ0v) is 9.89. The molecule has 6 heteroatoms. The van der Waals surface area contributed by atoms with Gasteiger partial charge in [0.05, 0.1) is 12.6 Å². The molecule has 6 nitrogen and oxygen atoms in total. The van der Waals surface area contributed by atoms with Crippen LogP contribution in [0.5, 0.6) is 0 Å². The normalized spacial score (nSPS) is 17.6. The molecule has 0 saturated heterocycles. The van der Waals surface area contributed by atoms with Gasteiger partial charge in [-0.3, -0.25) is 0 Å². The molecule has 0 amide bonds. The Balaban J connectivity index is 1.88. The molecule has 1 atom stereocenters. The standard InChI is InChI=1S/C10H19N5O/c1-8(5-6-16-2)15-10(12-13-14-15)7-11-9-3-4-9/h8-9,11H,3-7H2,1-2H3. The van der Waals surface area contributed by atoms with E-state index in [0.717, 1.165) is 25.4 Å². The van der Waals surface area contributed by atoms with Crippen molar-refractivity contribution in [2.24, 2.45) is 0 Å². The monoisotopic (exact) mass is 225 g/mol. The van der Waals surface area contributed by atoms with Crippen LogP contribution < -0.4 is 5.32 Å². The Kier molecular flexibility index (Phi) is 3.84. The number of ether oxygens (including phenoxy) is 1. The van der Waals surface area contributed by atoms with E-state index in [9.17, 15) is 0 Å². The number of nitrogens with zero attached hydrogens (tertiary/aromatic N) is 4. The van der Waals surface area contributed by atoms with Crippen molar-refractivity contribution in [3.05, 3.63) is 5.82 Å². The Labute approximate surface area is 95.4 Å². The topological polar surface area (TPSA) is 64.9 Å². The van der Waals surface area contributed by atoms with Crippen LogP contribution in [0.15, 0.2) is 0 Å². The third kappa shape index (κ3) is 2.99. The van der Waals surface area contributed by atoms with Gasteiger partial charge in [-0.25, -0.2) is 4.68 Å². The van der Waals surface area contributed by atoms with Crippen molar-refractivity contribution in [1.29, 1.82) is 0 Å². The van der Waals surface area contributed by atoms with Gasteiger partial charge >= 0.3 is 0 Å². The van der Waals surface area contributed by atoms with Crippen LogP contribution in [0.4, 0.5) is 0 Å². The van der Waals surface area contributed by atoms with Crippen molar-refractivity contribution in [2.75, 3.05) is 13.7 Å². The van der Waals surface area contributed by atoms with Gasteiger partial charge in [-0.2, -0.15) is 0 Å². The molecule has 1 unspecified atom stereocenters. The van der Waals surface area contributed by atoms with Gasteiger partial charge < -0.3 is 10.1 Å². The lowest BCUT2D eigenvalue weighted by atomic mass is 10.2. The molecule has 0 aliphatic heterocycles. The highest BCUT2D eigenvalue weighted by Crippen LogP contribution is 2.19. The molecule has 90 valence electrons. The molecule has 16 heavy (non-hydrogen) atoms. The van der Waals surface area contributed by atoms with E-state index in [0.29, 0.717) is 6.04 Å². The Morgan fingerprint density at radius 1 is 1.56 bits per heavy atom. The maximum absolute atomic E-state index is 5.06. The van der Waals surface area contributed by atoms with Crippen LogP contribution in [0.2, 0.25) is 0 Å². The molecule has 0 spiro atoms. The van der Waals surface area contributed by atoms with Crippen LogP contribution in [0.25, 0.3) is 0 Å². The van der Waals surface area contributed by atoms with Gasteiger partial charge in [0.2, 0.25) is 0 Å². The first-order valence-electron chi connectivity index (χ1n) is 5.80. The second kappa shape index (κ2) is 5.36. The van der Waals surface area contributed by atoms with E-state index in [2.05, 4.69) is 27.8 Å². The molecule has 0 bridgehead atoms. The average Bonchev–Trinajstić information content (AvgIpc) is 3.00. The van der Waals surface area contributed by atoms with Gasteiger partial charge in [0.1, 0.15) is 0 Å². The van der Waals surface area contributed by atoms with Crippen molar-refractivity contribution >= 4 is 0 Å². The third-order valence-corrected chi connectivity index (χ3v) is 2.84. The maximum atomic E-state index is 5.06. The van der Waals surface area contributed by atoms with Crippen LogP contribution in [0.1, 0.15) is 38.1 Å². The Bertz CT molecular complexity index is 323. The van der Waals surface area contributed by atoms with Gasteiger partial charge in [-0.05, 0) is 36.6 Å². The molecule has 1 heterocycles. The molecule has 1 fully saturated rings. The van der Waals surface area contributed by atoms with Gasteiger partial charge in [-0.15, -0.1) is 5.10 Å². The summed E-state index contributed by atoms with van der Waals surface area (Å²) in [7, 11) is 1.71.